The molecule has 2 heterocycles. The number of nitrogens with zero attached hydrogens (tertiary/aromatic N) is 4. The summed E-state index contributed by atoms with van der Waals surface area (Å²) in [4.78, 5) is 12.7. The van der Waals surface area contributed by atoms with Gasteiger partial charge in [0.1, 0.15) is 12.1 Å². The SMILES string of the molecule is COc1ccc(C(F)(F)F)cc1Nc1ncnc2c1ncn2C1CC1. The van der Waals surface area contributed by atoms with Gasteiger partial charge in [-0.15, -0.1) is 0 Å². The number of nitrogens with one attached hydrogen (secondary N) is 1. The van der Waals surface area contributed by atoms with E-state index in [1.54, 1.807) is 6.33 Å². The highest BCUT2D eigenvalue weighted by Gasteiger charge is 2.31. The van der Waals surface area contributed by atoms with Crippen molar-refractivity contribution in [1.82, 2.24) is 19.5 Å². The number of aromatic nitrogens is 4. The largest absolute Gasteiger partial charge is 0.495 e. The minimum atomic E-state index is -4.45. The fraction of sp³-hybridized carbons (Fsp3) is 0.312. The highest BCUT2D eigenvalue weighted by atomic mass is 19.4. The summed E-state index contributed by atoms with van der Waals surface area (Å²) in [5.74, 6) is 0.614. The number of fused-ring (bicyclic) bond motifs is 1. The summed E-state index contributed by atoms with van der Waals surface area (Å²) in [5.41, 5.74) is 0.558. The summed E-state index contributed by atoms with van der Waals surface area (Å²) in [6.07, 6.45) is 0.744. The molecule has 9 heteroatoms. The first-order valence-corrected chi connectivity index (χ1v) is 7.67. The van der Waals surface area contributed by atoms with Crippen molar-refractivity contribution in [2.45, 2.75) is 25.1 Å². The van der Waals surface area contributed by atoms with Gasteiger partial charge in [0.05, 0.1) is 24.7 Å². The molecule has 1 saturated carbocycles. The topological polar surface area (TPSA) is 64.9 Å². The highest BCUT2D eigenvalue weighted by Crippen LogP contribution is 2.39. The highest BCUT2D eigenvalue weighted by molar-refractivity contribution is 5.86. The van der Waals surface area contributed by atoms with Crippen LogP contribution in [0.3, 0.4) is 0 Å². The van der Waals surface area contributed by atoms with E-state index in [0.29, 0.717) is 23.0 Å². The fourth-order valence-corrected chi connectivity index (χ4v) is 2.67. The van der Waals surface area contributed by atoms with Crippen molar-refractivity contribution >= 4 is 22.7 Å². The Balaban J connectivity index is 1.76. The average Bonchev–Trinajstić information content (AvgIpc) is 3.33. The zero-order valence-corrected chi connectivity index (χ0v) is 13.2. The molecule has 0 bridgehead atoms. The first-order valence-electron chi connectivity index (χ1n) is 7.67. The third-order valence-corrected chi connectivity index (χ3v) is 4.08. The lowest BCUT2D eigenvalue weighted by Gasteiger charge is -2.14. The van der Waals surface area contributed by atoms with Crippen molar-refractivity contribution in [2.24, 2.45) is 0 Å². The molecule has 0 spiro atoms. The number of hydrogen-bond donors (Lipinski definition) is 1. The number of imidazole rings is 1. The minimum Gasteiger partial charge on any atom is -0.495 e. The number of halogens is 3. The van der Waals surface area contributed by atoms with Crippen LogP contribution in [0.5, 0.6) is 5.75 Å². The lowest BCUT2D eigenvalue weighted by molar-refractivity contribution is -0.137. The Kier molecular flexibility index (Phi) is 3.52. The summed E-state index contributed by atoms with van der Waals surface area (Å²) >= 11 is 0. The van der Waals surface area contributed by atoms with Gasteiger partial charge in [-0.3, -0.25) is 0 Å². The second kappa shape index (κ2) is 5.61. The molecule has 130 valence electrons. The summed E-state index contributed by atoms with van der Waals surface area (Å²) < 4.78 is 46.1. The maximum Gasteiger partial charge on any atom is 0.416 e. The van der Waals surface area contributed by atoms with Crippen LogP contribution >= 0.6 is 0 Å². The van der Waals surface area contributed by atoms with Gasteiger partial charge >= 0.3 is 6.18 Å². The van der Waals surface area contributed by atoms with E-state index in [0.717, 1.165) is 25.0 Å². The molecule has 1 fully saturated rings. The third-order valence-electron chi connectivity index (χ3n) is 4.08. The molecule has 2 aromatic heterocycles. The van der Waals surface area contributed by atoms with Crippen LogP contribution in [-0.2, 0) is 6.18 Å². The Morgan fingerprint density at radius 2 is 2.00 bits per heavy atom. The van der Waals surface area contributed by atoms with Gasteiger partial charge in [-0.2, -0.15) is 13.2 Å². The number of anilines is 2. The van der Waals surface area contributed by atoms with Crippen molar-refractivity contribution in [2.75, 3.05) is 12.4 Å². The van der Waals surface area contributed by atoms with Gasteiger partial charge in [0.2, 0.25) is 0 Å². The number of methoxy groups -OCH3 is 1. The van der Waals surface area contributed by atoms with E-state index in [1.807, 2.05) is 4.57 Å². The van der Waals surface area contributed by atoms with Crippen LogP contribution in [0.1, 0.15) is 24.4 Å². The molecule has 3 aromatic rings. The molecular formula is C16H14F3N5O. The van der Waals surface area contributed by atoms with Crippen LogP contribution in [0.2, 0.25) is 0 Å². The number of rotatable bonds is 4. The summed E-state index contributed by atoms with van der Waals surface area (Å²) in [6, 6.07) is 3.62. The standard InChI is InChI=1S/C16H14F3N5O/c1-25-12-5-2-9(16(17,18)19)6-11(12)23-14-13-15(21-7-20-14)24(8-22-13)10-3-4-10/h2,5-8,10H,3-4H2,1H3,(H,20,21,23). The van der Waals surface area contributed by atoms with Crippen LogP contribution in [0, 0.1) is 0 Å². The lowest BCUT2D eigenvalue weighted by atomic mass is 10.1. The van der Waals surface area contributed by atoms with E-state index in [-0.39, 0.29) is 11.4 Å². The van der Waals surface area contributed by atoms with Crippen LogP contribution in [0.4, 0.5) is 24.7 Å². The zero-order valence-electron chi connectivity index (χ0n) is 13.2. The molecule has 4 rings (SSSR count). The molecule has 0 unspecified atom stereocenters. The van der Waals surface area contributed by atoms with E-state index in [2.05, 4.69) is 20.3 Å². The zero-order chi connectivity index (χ0) is 17.6. The first-order chi connectivity index (χ1) is 12.0. The predicted molar refractivity (Wildman–Crippen MR) is 84.9 cm³/mol. The smallest absolute Gasteiger partial charge is 0.416 e. The Hall–Kier alpha value is -2.84. The van der Waals surface area contributed by atoms with Gasteiger partial charge in [0.15, 0.2) is 17.0 Å². The van der Waals surface area contributed by atoms with Crippen LogP contribution in [-0.4, -0.2) is 26.6 Å². The van der Waals surface area contributed by atoms with Gasteiger partial charge in [-0.05, 0) is 31.0 Å². The molecule has 0 amide bonds. The van der Waals surface area contributed by atoms with Crippen LogP contribution in [0.25, 0.3) is 11.2 Å². The van der Waals surface area contributed by atoms with Gasteiger partial charge < -0.3 is 14.6 Å². The molecule has 0 radical (unpaired) electrons. The Bertz CT molecular complexity index is 933. The van der Waals surface area contributed by atoms with Gasteiger partial charge in [0.25, 0.3) is 0 Å². The second-order valence-electron chi connectivity index (χ2n) is 5.82. The van der Waals surface area contributed by atoms with E-state index < -0.39 is 11.7 Å². The summed E-state index contributed by atoms with van der Waals surface area (Å²) in [6.45, 7) is 0. The molecule has 1 aromatic carbocycles. The van der Waals surface area contributed by atoms with Crippen molar-refractivity contribution in [3.8, 4) is 5.75 Å². The van der Waals surface area contributed by atoms with Gasteiger partial charge in [0, 0.05) is 6.04 Å². The molecule has 1 aliphatic rings. The van der Waals surface area contributed by atoms with Crippen molar-refractivity contribution in [3.05, 3.63) is 36.4 Å². The van der Waals surface area contributed by atoms with Crippen molar-refractivity contribution in [1.29, 1.82) is 0 Å². The molecule has 0 saturated heterocycles. The number of benzene rings is 1. The van der Waals surface area contributed by atoms with E-state index in [9.17, 15) is 13.2 Å². The molecule has 6 nitrogen and oxygen atoms in total. The quantitative estimate of drug-likeness (QED) is 0.773. The van der Waals surface area contributed by atoms with Crippen LogP contribution < -0.4 is 10.1 Å². The number of alkyl halides is 3. The molecule has 0 aliphatic heterocycles. The maximum absolute atomic E-state index is 13.0. The third kappa shape index (κ3) is 2.86. The van der Waals surface area contributed by atoms with Crippen LogP contribution in [0.15, 0.2) is 30.9 Å². The summed E-state index contributed by atoms with van der Waals surface area (Å²) in [5, 5.41) is 2.90. The number of ether oxygens (including phenoxy) is 1. The van der Waals surface area contributed by atoms with E-state index in [1.165, 1.54) is 19.5 Å². The minimum absolute atomic E-state index is 0.165. The molecule has 1 aliphatic carbocycles. The van der Waals surface area contributed by atoms with Crippen molar-refractivity contribution < 1.29 is 17.9 Å². The van der Waals surface area contributed by atoms with E-state index in [4.69, 9.17) is 4.74 Å². The fourth-order valence-electron chi connectivity index (χ4n) is 2.67. The molecule has 25 heavy (non-hydrogen) atoms. The van der Waals surface area contributed by atoms with E-state index >= 15 is 0 Å². The molecule has 0 atom stereocenters. The van der Waals surface area contributed by atoms with Crippen molar-refractivity contribution in [3.63, 3.8) is 0 Å². The molecular weight excluding hydrogens is 335 g/mol. The first kappa shape index (κ1) is 15.7. The normalized spacial score (nSPS) is 14.7. The average molecular weight is 349 g/mol. The maximum atomic E-state index is 13.0. The van der Waals surface area contributed by atoms with Gasteiger partial charge in [-0.1, -0.05) is 0 Å². The Labute approximate surface area is 140 Å². The molecule has 1 N–H and O–H groups in total. The lowest BCUT2D eigenvalue weighted by Crippen LogP contribution is -2.06. The monoisotopic (exact) mass is 349 g/mol. The number of hydrogen-bond acceptors (Lipinski definition) is 5. The summed E-state index contributed by atoms with van der Waals surface area (Å²) in [7, 11) is 1.39. The predicted octanol–water partition coefficient (Wildman–Crippen LogP) is 3.93. The van der Waals surface area contributed by atoms with Gasteiger partial charge in [-0.25, -0.2) is 15.0 Å². The second-order valence-corrected chi connectivity index (χ2v) is 5.82. The Morgan fingerprint density at radius 1 is 1.20 bits per heavy atom. The Morgan fingerprint density at radius 3 is 2.68 bits per heavy atom.